The third-order valence-corrected chi connectivity index (χ3v) is 3.24. The van der Waals surface area contributed by atoms with Gasteiger partial charge in [0.15, 0.2) is 5.82 Å². The molecule has 1 aromatic carbocycles. The first-order valence-electron chi connectivity index (χ1n) is 6.69. The molecule has 0 saturated heterocycles. The normalized spacial score (nSPS) is 10.3. The van der Waals surface area contributed by atoms with E-state index in [1.165, 1.54) is 22.8 Å². The molecule has 23 heavy (non-hydrogen) atoms. The molecule has 120 valence electrons. The first-order chi connectivity index (χ1) is 10.9. The number of carboxylic acid groups (broad SMARTS) is 1. The lowest BCUT2D eigenvalue weighted by atomic mass is 10.1. The maximum atomic E-state index is 12.1. The lowest BCUT2D eigenvalue weighted by molar-refractivity contribution is -0.392. The Bertz CT molecular complexity index is 768. The molecule has 1 amide bonds. The van der Waals surface area contributed by atoms with E-state index in [9.17, 15) is 19.7 Å². The van der Waals surface area contributed by atoms with Crippen LogP contribution in [0.1, 0.15) is 26.5 Å². The maximum absolute atomic E-state index is 12.1. The van der Waals surface area contributed by atoms with Gasteiger partial charge in [0.1, 0.15) is 12.7 Å². The molecule has 0 unspecified atom stereocenters. The van der Waals surface area contributed by atoms with Crippen molar-refractivity contribution in [1.29, 1.82) is 0 Å². The van der Waals surface area contributed by atoms with Crippen LogP contribution in [-0.4, -0.2) is 38.0 Å². The van der Waals surface area contributed by atoms with Crippen LogP contribution in [0.4, 0.5) is 5.82 Å². The van der Waals surface area contributed by atoms with E-state index < -0.39 is 16.8 Å². The van der Waals surface area contributed by atoms with Gasteiger partial charge >= 0.3 is 11.8 Å². The zero-order valence-corrected chi connectivity index (χ0v) is 12.2. The van der Waals surface area contributed by atoms with Crippen molar-refractivity contribution in [2.24, 2.45) is 0 Å². The zero-order chi connectivity index (χ0) is 17.0. The van der Waals surface area contributed by atoms with E-state index in [1.54, 1.807) is 13.0 Å². The quantitative estimate of drug-likeness (QED) is 0.609. The van der Waals surface area contributed by atoms with Crippen molar-refractivity contribution in [3.8, 4) is 0 Å². The molecule has 2 N–H and O–H groups in total. The van der Waals surface area contributed by atoms with Gasteiger partial charge in [-0.1, -0.05) is 12.1 Å². The summed E-state index contributed by atoms with van der Waals surface area (Å²) in [4.78, 5) is 37.3. The monoisotopic (exact) mass is 318 g/mol. The van der Waals surface area contributed by atoms with Gasteiger partial charge in [0, 0.05) is 6.92 Å². The molecule has 0 saturated carbocycles. The first-order valence-corrected chi connectivity index (χ1v) is 6.69. The highest BCUT2D eigenvalue weighted by atomic mass is 16.6. The standard InChI is InChI=1S/C14H14N4O5/c1-9-16-8-12(18(22)23)17(9)7-6-15-13(19)10-4-2-3-5-11(10)14(20)21/h2-5,8H,6-7H2,1H3,(H,15,19)(H,20,21). The van der Waals surface area contributed by atoms with Crippen molar-refractivity contribution in [3.63, 3.8) is 0 Å². The number of aryl methyl sites for hydroxylation is 1. The summed E-state index contributed by atoms with van der Waals surface area (Å²) in [5.41, 5.74) is -0.0633. The second-order valence-electron chi connectivity index (χ2n) is 4.68. The summed E-state index contributed by atoms with van der Waals surface area (Å²) in [5.74, 6) is -1.46. The van der Waals surface area contributed by atoms with Crippen LogP contribution in [0.15, 0.2) is 30.5 Å². The Balaban J connectivity index is 2.05. The number of rotatable bonds is 6. The number of hydrogen-bond donors (Lipinski definition) is 2. The molecule has 2 aromatic rings. The molecule has 0 spiro atoms. The maximum Gasteiger partial charge on any atom is 0.342 e. The van der Waals surface area contributed by atoms with Crippen molar-refractivity contribution in [3.05, 3.63) is 57.5 Å². The number of nitrogens with one attached hydrogen (secondary N) is 1. The Morgan fingerprint density at radius 2 is 2.00 bits per heavy atom. The molecule has 0 aliphatic carbocycles. The molecule has 0 atom stereocenters. The van der Waals surface area contributed by atoms with Gasteiger partial charge in [0.05, 0.1) is 17.7 Å². The summed E-state index contributed by atoms with van der Waals surface area (Å²) in [6.45, 7) is 1.88. The van der Waals surface area contributed by atoms with Crippen LogP contribution in [0.25, 0.3) is 0 Å². The largest absolute Gasteiger partial charge is 0.478 e. The minimum absolute atomic E-state index is 0.0388. The van der Waals surface area contributed by atoms with Crippen molar-refractivity contribution in [2.45, 2.75) is 13.5 Å². The number of carbonyl (C=O) groups excluding carboxylic acids is 1. The van der Waals surface area contributed by atoms with E-state index in [0.29, 0.717) is 5.82 Å². The van der Waals surface area contributed by atoms with Gasteiger partial charge in [-0.05, 0) is 17.1 Å². The highest BCUT2D eigenvalue weighted by molar-refractivity contribution is 6.04. The second-order valence-corrected chi connectivity index (χ2v) is 4.68. The zero-order valence-electron chi connectivity index (χ0n) is 12.2. The third-order valence-electron chi connectivity index (χ3n) is 3.24. The Morgan fingerprint density at radius 1 is 1.35 bits per heavy atom. The number of aromatic carboxylic acids is 1. The summed E-state index contributed by atoms with van der Waals surface area (Å²) >= 11 is 0. The van der Waals surface area contributed by atoms with Gasteiger partial charge in [0.25, 0.3) is 5.91 Å². The lowest BCUT2D eigenvalue weighted by Gasteiger charge is -2.07. The van der Waals surface area contributed by atoms with Crippen LogP contribution < -0.4 is 5.32 Å². The molecular formula is C14H14N4O5. The van der Waals surface area contributed by atoms with Crippen molar-refractivity contribution < 1.29 is 19.6 Å². The molecule has 9 nitrogen and oxygen atoms in total. The molecule has 2 rings (SSSR count). The average molecular weight is 318 g/mol. The number of amides is 1. The molecule has 0 aliphatic rings. The van der Waals surface area contributed by atoms with Crippen LogP contribution >= 0.6 is 0 Å². The predicted octanol–water partition coefficient (Wildman–Crippen LogP) is 1.23. The number of carboxylic acids is 1. The number of benzene rings is 1. The number of aromatic nitrogens is 2. The highest BCUT2D eigenvalue weighted by Gasteiger charge is 2.18. The Morgan fingerprint density at radius 3 is 2.61 bits per heavy atom. The summed E-state index contributed by atoms with van der Waals surface area (Å²) in [6, 6.07) is 5.83. The minimum Gasteiger partial charge on any atom is -0.478 e. The first kappa shape index (κ1) is 16.1. The van der Waals surface area contributed by atoms with Gasteiger partial charge in [0.2, 0.25) is 0 Å². The Hall–Kier alpha value is -3.23. The van der Waals surface area contributed by atoms with Crippen molar-refractivity contribution in [1.82, 2.24) is 14.9 Å². The molecule has 0 radical (unpaired) electrons. The van der Waals surface area contributed by atoms with Gasteiger partial charge in [-0.25, -0.2) is 14.3 Å². The molecule has 0 aliphatic heterocycles. The van der Waals surface area contributed by atoms with Gasteiger partial charge in [-0.2, -0.15) is 0 Å². The van der Waals surface area contributed by atoms with Crippen LogP contribution in [0.3, 0.4) is 0 Å². The topological polar surface area (TPSA) is 127 Å². The molecule has 1 heterocycles. The number of nitrogens with zero attached hydrogens (tertiary/aromatic N) is 3. The Labute approximate surface area is 130 Å². The summed E-state index contributed by atoms with van der Waals surface area (Å²) < 4.78 is 1.36. The van der Waals surface area contributed by atoms with Gasteiger partial charge < -0.3 is 20.5 Å². The van der Waals surface area contributed by atoms with E-state index in [0.717, 1.165) is 6.20 Å². The van der Waals surface area contributed by atoms with Crippen LogP contribution in [0, 0.1) is 17.0 Å². The number of nitro groups is 1. The average Bonchev–Trinajstić information content (AvgIpc) is 2.88. The van der Waals surface area contributed by atoms with Gasteiger partial charge in [-0.15, -0.1) is 0 Å². The van der Waals surface area contributed by atoms with Crippen LogP contribution in [0.2, 0.25) is 0 Å². The van der Waals surface area contributed by atoms with E-state index >= 15 is 0 Å². The van der Waals surface area contributed by atoms with Gasteiger partial charge in [-0.3, -0.25) is 4.79 Å². The van der Waals surface area contributed by atoms with E-state index in [4.69, 9.17) is 5.11 Å². The second kappa shape index (κ2) is 6.69. The van der Waals surface area contributed by atoms with Crippen molar-refractivity contribution >= 4 is 17.7 Å². The molecule has 0 bridgehead atoms. The molecule has 1 aromatic heterocycles. The predicted molar refractivity (Wildman–Crippen MR) is 79.4 cm³/mol. The fraction of sp³-hybridized carbons (Fsp3) is 0.214. The summed E-state index contributed by atoms with van der Waals surface area (Å²) in [6.07, 6.45) is 1.15. The van der Waals surface area contributed by atoms with E-state index in [1.807, 2.05) is 0 Å². The SMILES string of the molecule is Cc1ncc([N+](=O)[O-])n1CCNC(=O)c1ccccc1C(=O)O. The summed E-state index contributed by atoms with van der Waals surface area (Å²) in [7, 11) is 0. The number of carbonyl (C=O) groups is 2. The van der Waals surface area contributed by atoms with E-state index in [2.05, 4.69) is 10.3 Å². The minimum atomic E-state index is -1.20. The molecular weight excluding hydrogens is 304 g/mol. The van der Waals surface area contributed by atoms with E-state index in [-0.39, 0.29) is 30.0 Å². The Kier molecular flexibility index (Phi) is 4.69. The number of hydrogen-bond acceptors (Lipinski definition) is 5. The highest BCUT2D eigenvalue weighted by Crippen LogP contribution is 2.13. The molecule has 0 fully saturated rings. The van der Waals surface area contributed by atoms with Crippen LogP contribution in [-0.2, 0) is 6.54 Å². The number of imidazole rings is 1. The third kappa shape index (κ3) is 3.51. The van der Waals surface area contributed by atoms with Crippen molar-refractivity contribution in [2.75, 3.05) is 6.54 Å². The summed E-state index contributed by atoms with van der Waals surface area (Å²) in [5, 5.41) is 22.5. The smallest absolute Gasteiger partial charge is 0.342 e. The fourth-order valence-electron chi connectivity index (χ4n) is 2.12. The lowest BCUT2D eigenvalue weighted by Crippen LogP contribution is -2.29. The fourth-order valence-corrected chi connectivity index (χ4v) is 2.12. The molecule has 9 heteroatoms. The van der Waals surface area contributed by atoms with Crippen LogP contribution in [0.5, 0.6) is 0 Å².